The normalized spacial score (nSPS) is 27.0. The maximum Gasteiger partial charge on any atom is 0.169 e. The van der Waals surface area contributed by atoms with Crippen molar-refractivity contribution in [3.63, 3.8) is 0 Å². The van der Waals surface area contributed by atoms with Gasteiger partial charge in [-0.25, -0.2) is 0 Å². The Morgan fingerprint density at radius 3 is 2.88 bits per heavy atom. The first-order valence-electron chi connectivity index (χ1n) is 6.69. The molecule has 1 aromatic heterocycles. The van der Waals surface area contributed by atoms with Crippen molar-refractivity contribution in [3.05, 3.63) is 22.6 Å². The van der Waals surface area contributed by atoms with Crippen LogP contribution in [-0.4, -0.2) is 6.54 Å². The third kappa shape index (κ3) is 3.35. The van der Waals surface area contributed by atoms with Crippen LogP contribution in [0.15, 0.2) is 21.2 Å². The predicted octanol–water partition coefficient (Wildman–Crippen LogP) is 4.52. The lowest BCUT2D eigenvalue weighted by Gasteiger charge is -2.32. The Hall–Kier alpha value is -0.280. The number of halogens is 1. The van der Waals surface area contributed by atoms with Gasteiger partial charge < -0.3 is 9.73 Å². The minimum absolute atomic E-state index is 0.383. The Labute approximate surface area is 112 Å². The largest absolute Gasteiger partial charge is 0.453 e. The van der Waals surface area contributed by atoms with E-state index >= 15 is 0 Å². The molecule has 0 amide bonds. The number of hydrogen-bond donors (Lipinski definition) is 1. The third-order valence-corrected chi connectivity index (χ3v) is 4.20. The highest BCUT2D eigenvalue weighted by molar-refractivity contribution is 9.10. The molecule has 3 heteroatoms. The fourth-order valence-electron chi connectivity index (χ4n) is 3.00. The lowest BCUT2D eigenvalue weighted by molar-refractivity contribution is 0.206. The summed E-state index contributed by atoms with van der Waals surface area (Å²) < 4.78 is 6.57. The molecule has 1 saturated carbocycles. The van der Waals surface area contributed by atoms with Crippen LogP contribution in [0.4, 0.5) is 0 Å². The van der Waals surface area contributed by atoms with Gasteiger partial charge in [-0.1, -0.05) is 26.7 Å². The SMILES string of the molecule is CCNC(c1ccc(Br)o1)C1CCCC(C)C1. The Morgan fingerprint density at radius 1 is 1.47 bits per heavy atom. The first-order valence-corrected chi connectivity index (χ1v) is 7.48. The summed E-state index contributed by atoms with van der Waals surface area (Å²) in [6.07, 6.45) is 5.38. The van der Waals surface area contributed by atoms with Crippen LogP contribution in [0.25, 0.3) is 0 Å². The summed E-state index contributed by atoms with van der Waals surface area (Å²) in [4.78, 5) is 0. The number of hydrogen-bond acceptors (Lipinski definition) is 2. The van der Waals surface area contributed by atoms with Crippen LogP contribution in [0.2, 0.25) is 0 Å². The van der Waals surface area contributed by atoms with Gasteiger partial charge in [0.25, 0.3) is 0 Å². The molecule has 2 nitrogen and oxygen atoms in total. The van der Waals surface area contributed by atoms with Gasteiger partial charge in [0.05, 0.1) is 6.04 Å². The number of rotatable bonds is 4. The van der Waals surface area contributed by atoms with E-state index in [1.54, 1.807) is 0 Å². The fourth-order valence-corrected chi connectivity index (χ4v) is 3.32. The van der Waals surface area contributed by atoms with Crippen LogP contribution in [-0.2, 0) is 0 Å². The van der Waals surface area contributed by atoms with E-state index in [0.29, 0.717) is 6.04 Å². The molecule has 1 aliphatic rings. The quantitative estimate of drug-likeness (QED) is 0.884. The van der Waals surface area contributed by atoms with Crippen LogP contribution in [0, 0.1) is 11.8 Å². The lowest BCUT2D eigenvalue weighted by Crippen LogP contribution is -2.30. The second-order valence-electron chi connectivity index (χ2n) is 5.21. The molecule has 1 aromatic rings. The van der Waals surface area contributed by atoms with Crippen molar-refractivity contribution < 1.29 is 4.42 Å². The van der Waals surface area contributed by atoms with Gasteiger partial charge in [-0.2, -0.15) is 0 Å². The minimum atomic E-state index is 0.383. The number of furan rings is 1. The van der Waals surface area contributed by atoms with E-state index in [1.807, 2.05) is 6.07 Å². The molecule has 96 valence electrons. The van der Waals surface area contributed by atoms with Crippen molar-refractivity contribution in [3.8, 4) is 0 Å². The van der Waals surface area contributed by atoms with E-state index in [-0.39, 0.29) is 0 Å². The van der Waals surface area contributed by atoms with Crippen molar-refractivity contribution >= 4 is 15.9 Å². The highest BCUT2D eigenvalue weighted by atomic mass is 79.9. The maximum atomic E-state index is 5.74. The summed E-state index contributed by atoms with van der Waals surface area (Å²) >= 11 is 3.39. The molecular formula is C14H22BrNO. The van der Waals surface area contributed by atoms with Gasteiger partial charge in [0.2, 0.25) is 0 Å². The average molecular weight is 300 g/mol. The molecule has 0 spiro atoms. The van der Waals surface area contributed by atoms with E-state index in [4.69, 9.17) is 4.42 Å². The molecule has 17 heavy (non-hydrogen) atoms. The summed E-state index contributed by atoms with van der Waals surface area (Å²) in [5.74, 6) is 2.66. The zero-order chi connectivity index (χ0) is 12.3. The topological polar surface area (TPSA) is 25.2 Å². The van der Waals surface area contributed by atoms with Crippen LogP contribution in [0.5, 0.6) is 0 Å². The zero-order valence-electron chi connectivity index (χ0n) is 10.7. The van der Waals surface area contributed by atoms with Crippen LogP contribution < -0.4 is 5.32 Å². The molecule has 0 saturated heterocycles. The van der Waals surface area contributed by atoms with Crippen LogP contribution >= 0.6 is 15.9 Å². The molecule has 1 heterocycles. The average Bonchev–Trinajstić information content (AvgIpc) is 2.72. The smallest absolute Gasteiger partial charge is 0.169 e. The van der Waals surface area contributed by atoms with Gasteiger partial charge in [-0.15, -0.1) is 0 Å². The molecule has 1 N–H and O–H groups in total. The molecule has 1 fully saturated rings. The monoisotopic (exact) mass is 299 g/mol. The first-order chi connectivity index (χ1) is 8.20. The lowest BCUT2D eigenvalue weighted by atomic mass is 9.78. The molecule has 0 radical (unpaired) electrons. The highest BCUT2D eigenvalue weighted by Crippen LogP contribution is 2.38. The summed E-state index contributed by atoms with van der Waals surface area (Å²) in [7, 11) is 0. The van der Waals surface area contributed by atoms with Gasteiger partial charge in [0, 0.05) is 0 Å². The van der Waals surface area contributed by atoms with Crippen LogP contribution in [0.1, 0.15) is 51.3 Å². The standard InChI is InChI=1S/C14H22BrNO/c1-3-16-14(12-7-8-13(15)17-12)11-6-4-5-10(2)9-11/h7-8,10-11,14,16H,3-6,9H2,1-2H3. The predicted molar refractivity (Wildman–Crippen MR) is 73.9 cm³/mol. The van der Waals surface area contributed by atoms with Crippen molar-refractivity contribution in [1.29, 1.82) is 0 Å². The molecule has 3 atom stereocenters. The first kappa shape index (κ1) is 13.2. The minimum Gasteiger partial charge on any atom is -0.453 e. The van der Waals surface area contributed by atoms with E-state index in [1.165, 1.54) is 25.7 Å². The molecule has 0 aliphatic heterocycles. The van der Waals surface area contributed by atoms with E-state index in [0.717, 1.165) is 28.8 Å². The zero-order valence-corrected chi connectivity index (χ0v) is 12.3. The Bertz CT molecular complexity index is 350. The molecule has 2 rings (SSSR count). The van der Waals surface area contributed by atoms with Gasteiger partial charge in [0.1, 0.15) is 5.76 Å². The molecule has 0 bridgehead atoms. The Balaban J connectivity index is 2.10. The Morgan fingerprint density at radius 2 is 2.29 bits per heavy atom. The summed E-state index contributed by atoms with van der Waals surface area (Å²) in [5.41, 5.74) is 0. The Kier molecular flexibility index (Phi) is 4.69. The summed E-state index contributed by atoms with van der Waals surface area (Å²) in [6.45, 7) is 5.53. The summed E-state index contributed by atoms with van der Waals surface area (Å²) in [6, 6.07) is 4.47. The van der Waals surface area contributed by atoms with Gasteiger partial charge in [-0.3, -0.25) is 0 Å². The van der Waals surface area contributed by atoms with Crippen molar-refractivity contribution in [2.75, 3.05) is 6.54 Å². The second kappa shape index (κ2) is 6.05. The van der Waals surface area contributed by atoms with Crippen LogP contribution in [0.3, 0.4) is 0 Å². The fraction of sp³-hybridized carbons (Fsp3) is 0.714. The highest BCUT2D eigenvalue weighted by Gasteiger charge is 2.29. The van der Waals surface area contributed by atoms with E-state index in [2.05, 4.69) is 41.2 Å². The van der Waals surface area contributed by atoms with Gasteiger partial charge in [0.15, 0.2) is 4.67 Å². The molecule has 1 aliphatic carbocycles. The van der Waals surface area contributed by atoms with Gasteiger partial charge >= 0.3 is 0 Å². The van der Waals surface area contributed by atoms with Crippen molar-refractivity contribution in [2.24, 2.45) is 11.8 Å². The van der Waals surface area contributed by atoms with E-state index < -0.39 is 0 Å². The van der Waals surface area contributed by atoms with Gasteiger partial charge in [-0.05, 0) is 59.3 Å². The molecular weight excluding hydrogens is 278 g/mol. The maximum absolute atomic E-state index is 5.74. The van der Waals surface area contributed by atoms with E-state index in [9.17, 15) is 0 Å². The molecule has 3 unspecified atom stereocenters. The third-order valence-electron chi connectivity index (χ3n) is 3.77. The summed E-state index contributed by atoms with van der Waals surface area (Å²) in [5, 5.41) is 3.59. The van der Waals surface area contributed by atoms with Crippen molar-refractivity contribution in [2.45, 2.75) is 45.6 Å². The molecule has 0 aromatic carbocycles. The second-order valence-corrected chi connectivity index (χ2v) is 5.99. The number of nitrogens with one attached hydrogen (secondary N) is 1. The van der Waals surface area contributed by atoms with Crippen molar-refractivity contribution in [1.82, 2.24) is 5.32 Å².